The van der Waals surface area contributed by atoms with Gasteiger partial charge in [-0.25, -0.2) is 0 Å². The number of rotatable bonds is 5. The number of alkyl halides is 3. The average molecular weight is 301 g/mol. The zero-order valence-electron chi connectivity index (χ0n) is 11.2. The fourth-order valence-corrected chi connectivity index (χ4v) is 1.73. The molecular formula is C14H14F3NO3. The second-order valence-electron chi connectivity index (χ2n) is 4.31. The molecule has 7 heteroatoms. The van der Waals surface area contributed by atoms with Crippen molar-refractivity contribution in [3.05, 3.63) is 47.9 Å². The SMILES string of the molecule is Cc1ccc(C(CN)Oc2ccc(OC(F)(F)F)cc2)o1. The lowest BCUT2D eigenvalue weighted by Crippen LogP contribution is -2.18. The van der Waals surface area contributed by atoms with Crippen LogP contribution in [0.5, 0.6) is 11.5 Å². The molecule has 1 unspecified atom stereocenters. The highest BCUT2D eigenvalue weighted by atomic mass is 19.4. The number of aryl methyl sites for hydroxylation is 1. The van der Waals surface area contributed by atoms with Gasteiger partial charge in [0.2, 0.25) is 0 Å². The molecule has 0 saturated heterocycles. The molecule has 114 valence electrons. The third kappa shape index (κ3) is 4.42. The maximum atomic E-state index is 12.0. The maximum Gasteiger partial charge on any atom is 0.573 e. The quantitative estimate of drug-likeness (QED) is 0.917. The number of halogens is 3. The molecule has 0 amide bonds. The number of nitrogens with two attached hydrogens (primary N) is 1. The van der Waals surface area contributed by atoms with Crippen molar-refractivity contribution in [2.45, 2.75) is 19.4 Å². The van der Waals surface area contributed by atoms with Crippen LogP contribution in [0.3, 0.4) is 0 Å². The first-order valence-electron chi connectivity index (χ1n) is 6.16. The van der Waals surface area contributed by atoms with Crippen molar-refractivity contribution in [1.82, 2.24) is 0 Å². The largest absolute Gasteiger partial charge is 0.573 e. The van der Waals surface area contributed by atoms with E-state index in [0.717, 1.165) is 5.76 Å². The van der Waals surface area contributed by atoms with Gasteiger partial charge in [0.25, 0.3) is 0 Å². The van der Waals surface area contributed by atoms with E-state index in [2.05, 4.69) is 4.74 Å². The molecule has 0 aliphatic heterocycles. The Morgan fingerprint density at radius 1 is 1.10 bits per heavy atom. The van der Waals surface area contributed by atoms with E-state index in [-0.39, 0.29) is 12.3 Å². The van der Waals surface area contributed by atoms with Gasteiger partial charge in [-0.2, -0.15) is 0 Å². The van der Waals surface area contributed by atoms with Gasteiger partial charge in [-0.05, 0) is 43.3 Å². The van der Waals surface area contributed by atoms with Gasteiger partial charge in [0.05, 0.1) is 0 Å². The number of furan rings is 1. The summed E-state index contributed by atoms with van der Waals surface area (Å²) in [6.45, 7) is 1.97. The number of hydrogen-bond acceptors (Lipinski definition) is 4. The van der Waals surface area contributed by atoms with E-state index in [1.54, 1.807) is 19.1 Å². The fraction of sp³-hybridized carbons (Fsp3) is 0.286. The molecule has 0 saturated carbocycles. The van der Waals surface area contributed by atoms with Crippen molar-refractivity contribution in [2.24, 2.45) is 5.73 Å². The average Bonchev–Trinajstić information content (AvgIpc) is 2.82. The molecule has 2 aromatic rings. The summed E-state index contributed by atoms with van der Waals surface area (Å²) in [5.41, 5.74) is 5.62. The van der Waals surface area contributed by atoms with Gasteiger partial charge >= 0.3 is 6.36 Å². The predicted octanol–water partition coefficient (Wildman–Crippen LogP) is 3.57. The molecule has 2 N–H and O–H groups in total. The second-order valence-corrected chi connectivity index (χ2v) is 4.31. The zero-order chi connectivity index (χ0) is 15.5. The summed E-state index contributed by atoms with van der Waals surface area (Å²) in [5, 5.41) is 0. The molecule has 21 heavy (non-hydrogen) atoms. The standard InChI is InChI=1S/C14H14F3NO3/c1-9-2-7-12(19-9)13(8-18)20-10-3-5-11(6-4-10)21-14(15,16)17/h2-7,13H,8,18H2,1H3. The highest BCUT2D eigenvalue weighted by Gasteiger charge is 2.31. The summed E-state index contributed by atoms with van der Waals surface area (Å²) in [6, 6.07) is 8.61. The van der Waals surface area contributed by atoms with Crippen LogP contribution < -0.4 is 15.2 Å². The first kappa shape index (κ1) is 15.2. The minimum Gasteiger partial charge on any atom is -0.481 e. The van der Waals surface area contributed by atoms with Crippen LogP contribution in [-0.2, 0) is 0 Å². The Morgan fingerprint density at radius 2 is 1.71 bits per heavy atom. The van der Waals surface area contributed by atoms with Crippen LogP contribution in [0.2, 0.25) is 0 Å². The monoisotopic (exact) mass is 301 g/mol. The molecule has 0 spiro atoms. The van der Waals surface area contributed by atoms with E-state index in [0.29, 0.717) is 11.5 Å². The second kappa shape index (κ2) is 6.09. The summed E-state index contributed by atoms with van der Waals surface area (Å²) in [7, 11) is 0. The van der Waals surface area contributed by atoms with Crippen molar-refractivity contribution < 1.29 is 27.1 Å². The van der Waals surface area contributed by atoms with Crippen LogP contribution in [-0.4, -0.2) is 12.9 Å². The molecule has 2 rings (SSSR count). The lowest BCUT2D eigenvalue weighted by molar-refractivity contribution is -0.274. The normalized spacial score (nSPS) is 13.0. The van der Waals surface area contributed by atoms with E-state index in [4.69, 9.17) is 14.9 Å². The third-order valence-corrected chi connectivity index (χ3v) is 2.63. The molecule has 1 aromatic heterocycles. The summed E-state index contributed by atoms with van der Waals surface area (Å²) in [6.07, 6.45) is -5.22. The van der Waals surface area contributed by atoms with Crippen molar-refractivity contribution >= 4 is 0 Å². The van der Waals surface area contributed by atoms with E-state index in [9.17, 15) is 13.2 Å². The van der Waals surface area contributed by atoms with Crippen molar-refractivity contribution in [1.29, 1.82) is 0 Å². The molecular weight excluding hydrogens is 287 g/mol. The summed E-state index contributed by atoms with van der Waals surface area (Å²) < 4.78 is 50.9. The van der Waals surface area contributed by atoms with Crippen LogP contribution in [0.4, 0.5) is 13.2 Å². The van der Waals surface area contributed by atoms with Crippen LogP contribution >= 0.6 is 0 Å². The van der Waals surface area contributed by atoms with Gasteiger partial charge in [0.1, 0.15) is 23.0 Å². The van der Waals surface area contributed by atoms with Gasteiger partial charge in [-0.3, -0.25) is 0 Å². The minimum atomic E-state index is -4.71. The fourth-order valence-electron chi connectivity index (χ4n) is 1.73. The Balaban J connectivity index is 2.05. The van der Waals surface area contributed by atoms with Crippen LogP contribution in [0.1, 0.15) is 17.6 Å². The predicted molar refractivity (Wildman–Crippen MR) is 69.0 cm³/mol. The number of hydrogen-bond donors (Lipinski definition) is 1. The van der Waals surface area contributed by atoms with Crippen LogP contribution in [0.25, 0.3) is 0 Å². The molecule has 0 fully saturated rings. The number of ether oxygens (including phenoxy) is 2. The zero-order valence-corrected chi connectivity index (χ0v) is 11.2. The van der Waals surface area contributed by atoms with Gasteiger partial charge < -0.3 is 19.6 Å². The summed E-state index contributed by atoms with van der Waals surface area (Å²) in [4.78, 5) is 0. The Labute approximate surface area is 119 Å². The van der Waals surface area contributed by atoms with Gasteiger partial charge in [0.15, 0.2) is 6.10 Å². The minimum absolute atomic E-state index is 0.174. The van der Waals surface area contributed by atoms with E-state index in [1.807, 2.05) is 0 Å². The Hall–Kier alpha value is -2.15. The van der Waals surface area contributed by atoms with Crippen molar-refractivity contribution in [3.63, 3.8) is 0 Å². The van der Waals surface area contributed by atoms with Gasteiger partial charge in [0, 0.05) is 6.54 Å². The lowest BCUT2D eigenvalue weighted by Gasteiger charge is -2.16. The third-order valence-electron chi connectivity index (χ3n) is 2.63. The molecule has 0 aliphatic rings. The molecule has 4 nitrogen and oxygen atoms in total. The smallest absolute Gasteiger partial charge is 0.481 e. The topological polar surface area (TPSA) is 57.6 Å². The molecule has 1 aromatic carbocycles. The Morgan fingerprint density at radius 3 is 2.19 bits per heavy atom. The van der Waals surface area contributed by atoms with Crippen LogP contribution in [0.15, 0.2) is 40.8 Å². The van der Waals surface area contributed by atoms with Gasteiger partial charge in [-0.15, -0.1) is 13.2 Å². The van der Waals surface area contributed by atoms with Crippen molar-refractivity contribution in [3.8, 4) is 11.5 Å². The first-order chi connectivity index (χ1) is 9.87. The van der Waals surface area contributed by atoms with Crippen molar-refractivity contribution in [2.75, 3.05) is 6.54 Å². The van der Waals surface area contributed by atoms with E-state index >= 15 is 0 Å². The summed E-state index contributed by atoms with van der Waals surface area (Å²) >= 11 is 0. The molecule has 1 heterocycles. The van der Waals surface area contributed by atoms with Gasteiger partial charge in [-0.1, -0.05) is 0 Å². The van der Waals surface area contributed by atoms with E-state index < -0.39 is 12.5 Å². The van der Waals surface area contributed by atoms with E-state index in [1.165, 1.54) is 24.3 Å². The molecule has 0 bridgehead atoms. The lowest BCUT2D eigenvalue weighted by atomic mass is 10.2. The highest BCUT2D eigenvalue weighted by molar-refractivity contribution is 5.31. The van der Waals surface area contributed by atoms with Crippen LogP contribution in [0, 0.1) is 6.92 Å². The Bertz CT molecular complexity index is 578. The molecule has 0 radical (unpaired) electrons. The molecule has 1 atom stereocenters. The molecule has 0 aliphatic carbocycles. The highest BCUT2D eigenvalue weighted by Crippen LogP contribution is 2.27. The maximum absolute atomic E-state index is 12.0. The Kier molecular flexibility index (Phi) is 4.42. The number of benzene rings is 1. The first-order valence-corrected chi connectivity index (χ1v) is 6.16. The summed E-state index contributed by atoms with van der Waals surface area (Å²) in [5.74, 6) is 1.34.